The summed E-state index contributed by atoms with van der Waals surface area (Å²) in [6.07, 6.45) is 5.49. The predicted octanol–water partition coefficient (Wildman–Crippen LogP) is 2.17. The highest BCUT2D eigenvalue weighted by Gasteiger charge is 2.45. The molecule has 2 aliphatic rings. The predicted molar refractivity (Wildman–Crippen MR) is 85.7 cm³/mol. The van der Waals surface area contributed by atoms with E-state index in [-0.39, 0.29) is 24.0 Å². The minimum absolute atomic E-state index is 0.0451. The Morgan fingerprint density at radius 2 is 2.13 bits per heavy atom. The Morgan fingerprint density at radius 1 is 1.30 bits per heavy atom. The van der Waals surface area contributed by atoms with E-state index >= 15 is 0 Å². The second kappa shape index (κ2) is 5.81. The lowest BCUT2D eigenvalue weighted by atomic mass is 10.0. The van der Waals surface area contributed by atoms with Crippen LogP contribution in [0.1, 0.15) is 36.0 Å². The third-order valence-corrected chi connectivity index (χ3v) is 4.83. The number of amides is 1. The third-order valence-electron chi connectivity index (χ3n) is 4.83. The molecule has 1 N–H and O–H groups in total. The third kappa shape index (κ3) is 2.88. The highest BCUT2D eigenvalue weighted by molar-refractivity contribution is 5.83. The largest absolute Gasteiger partial charge is 0.371 e. The van der Waals surface area contributed by atoms with Gasteiger partial charge in [-0.3, -0.25) is 9.48 Å². The Morgan fingerprint density at radius 3 is 2.87 bits per heavy atom. The van der Waals surface area contributed by atoms with Crippen LogP contribution >= 0.6 is 0 Å². The maximum atomic E-state index is 12.5. The van der Waals surface area contributed by atoms with Gasteiger partial charge in [0, 0.05) is 31.3 Å². The highest BCUT2D eigenvalue weighted by Crippen LogP contribution is 2.47. The molecule has 1 aliphatic heterocycles. The van der Waals surface area contributed by atoms with Gasteiger partial charge in [0.25, 0.3) is 0 Å². The fourth-order valence-electron chi connectivity index (χ4n) is 3.50. The fraction of sp³-hybridized carbons (Fsp3) is 0.444. The van der Waals surface area contributed by atoms with Crippen LogP contribution < -0.4 is 5.32 Å². The van der Waals surface area contributed by atoms with Crippen molar-refractivity contribution in [2.24, 2.45) is 13.0 Å². The summed E-state index contributed by atoms with van der Waals surface area (Å²) in [4.78, 5) is 12.5. The lowest BCUT2D eigenvalue weighted by Gasteiger charge is -2.19. The summed E-state index contributed by atoms with van der Waals surface area (Å²) in [6.45, 7) is 0.678. The van der Waals surface area contributed by atoms with Crippen LogP contribution in [0.25, 0.3) is 0 Å². The molecule has 4 rings (SSSR count). The van der Waals surface area contributed by atoms with Crippen molar-refractivity contribution >= 4 is 5.91 Å². The first-order valence-corrected chi connectivity index (χ1v) is 8.18. The van der Waals surface area contributed by atoms with Crippen LogP contribution in [0.15, 0.2) is 42.7 Å². The van der Waals surface area contributed by atoms with Crippen LogP contribution in [0.3, 0.4) is 0 Å². The van der Waals surface area contributed by atoms with E-state index in [0.29, 0.717) is 12.5 Å². The molecule has 0 radical (unpaired) electrons. The van der Waals surface area contributed by atoms with E-state index in [1.54, 1.807) is 4.68 Å². The molecule has 2 aromatic rings. The molecule has 1 saturated heterocycles. The van der Waals surface area contributed by atoms with E-state index in [9.17, 15) is 4.79 Å². The quantitative estimate of drug-likeness (QED) is 0.941. The summed E-state index contributed by atoms with van der Waals surface area (Å²) in [7, 11) is 1.89. The number of rotatable bonds is 4. The average molecular weight is 311 g/mol. The first-order valence-electron chi connectivity index (χ1n) is 8.18. The number of ether oxygens (including phenoxy) is 1. The number of aryl methyl sites for hydroxylation is 1. The Labute approximate surface area is 135 Å². The van der Waals surface area contributed by atoms with Crippen molar-refractivity contribution in [1.29, 1.82) is 0 Å². The molecule has 1 aromatic carbocycles. The van der Waals surface area contributed by atoms with Gasteiger partial charge < -0.3 is 10.1 Å². The van der Waals surface area contributed by atoms with Gasteiger partial charge in [0.2, 0.25) is 5.91 Å². The van der Waals surface area contributed by atoms with Gasteiger partial charge in [-0.2, -0.15) is 5.10 Å². The van der Waals surface area contributed by atoms with Crippen LogP contribution in [-0.4, -0.2) is 28.3 Å². The van der Waals surface area contributed by atoms with E-state index in [1.807, 2.05) is 37.6 Å². The van der Waals surface area contributed by atoms with Gasteiger partial charge in [0.1, 0.15) is 6.10 Å². The number of carbonyl (C=O) groups excluding carboxylic acids is 1. The second-order valence-corrected chi connectivity index (χ2v) is 6.50. The minimum atomic E-state index is -0.0819. The lowest BCUT2D eigenvalue weighted by molar-refractivity contribution is -0.123. The van der Waals surface area contributed by atoms with Gasteiger partial charge >= 0.3 is 0 Å². The molecule has 120 valence electrons. The van der Waals surface area contributed by atoms with E-state index in [0.717, 1.165) is 18.4 Å². The topological polar surface area (TPSA) is 56.1 Å². The summed E-state index contributed by atoms with van der Waals surface area (Å²) < 4.78 is 7.58. The zero-order valence-electron chi connectivity index (χ0n) is 13.2. The van der Waals surface area contributed by atoms with Gasteiger partial charge in [-0.1, -0.05) is 30.3 Å². The first kappa shape index (κ1) is 14.5. The number of aromatic nitrogens is 2. The SMILES string of the molecule is Cn1cc([C@H]2OCC[C@@H]2NC(=O)C2CC2c2ccccc2)cn1. The average Bonchev–Trinajstić information content (AvgIpc) is 3.06. The van der Waals surface area contributed by atoms with Crippen molar-refractivity contribution in [1.82, 2.24) is 15.1 Å². The molecule has 23 heavy (non-hydrogen) atoms. The molecule has 0 bridgehead atoms. The smallest absolute Gasteiger partial charge is 0.224 e. The minimum Gasteiger partial charge on any atom is -0.371 e. The number of benzene rings is 1. The fourth-order valence-corrected chi connectivity index (χ4v) is 3.50. The molecule has 1 aromatic heterocycles. The molecule has 0 spiro atoms. The van der Waals surface area contributed by atoms with E-state index in [4.69, 9.17) is 4.74 Å². The van der Waals surface area contributed by atoms with Crippen molar-refractivity contribution < 1.29 is 9.53 Å². The Kier molecular flexibility index (Phi) is 3.65. The number of carbonyl (C=O) groups is 1. The molecular formula is C18H21N3O2. The first-order chi connectivity index (χ1) is 11.2. The van der Waals surface area contributed by atoms with Gasteiger partial charge in [-0.25, -0.2) is 0 Å². The van der Waals surface area contributed by atoms with Gasteiger partial charge in [-0.15, -0.1) is 0 Å². The zero-order valence-corrected chi connectivity index (χ0v) is 13.2. The molecule has 4 atom stereocenters. The van der Waals surface area contributed by atoms with E-state index in [1.165, 1.54) is 5.56 Å². The summed E-state index contributed by atoms with van der Waals surface area (Å²) in [5, 5.41) is 7.40. The number of hydrogen-bond acceptors (Lipinski definition) is 3. The molecule has 1 amide bonds. The van der Waals surface area contributed by atoms with Gasteiger partial charge in [-0.05, 0) is 24.3 Å². The monoisotopic (exact) mass is 311 g/mol. The summed E-state index contributed by atoms with van der Waals surface area (Å²) in [6, 6.07) is 10.3. The van der Waals surface area contributed by atoms with Crippen LogP contribution in [0.5, 0.6) is 0 Å². The molecular weight excluding hydrogens is 290 g/mol. The van der Waals surface area contributed by atoms with Crippen molar-refractivity contribution in [2.45, 2.75) is 30.9 Å². The normalized spacial score (nSPS) is 29.4. The van der Waals surface area contributed by atoms with Crippen molar-refractivity contribution in [3.63, 3.8) is 0 Å². The highest BCUT2D eigenvalue weighted by atomic mass is 16.5. The van der Waals surface area contributed by atoms with Crippen molar-refractivity contribution in [2.75, 3.05) is 6.61 Å². The second-order valence-electron chi connectivity index (χ2n) is 6.50. The molecule has 5 heteroatoms. The van der Waals surface area contributed by atoms with Crippen molar-refractivity contribution in [3.8, 4) is 0 Å². The Bertz CT molecular complexity index is 697. The molecule has 2 unspecified atom stereocenters. The van der Waals surface area contributed by atoms with Crippen LogP contribution in [0.2, 0.25) is 0 Å². The van der Waals surface area contributed by atoms with Crippen molar-refractivity contribution in [3.05, 3.63) is 53.9 Å². The summed E-state index contributed by atoms with van der Waals surface area (Å²) in [5.74, 6) is 0.631. The zero-order chi connectivity index (χ0) is 15.8. The number of nitrogens with zero attached hydrogens (tertiary/aromatic N) is 2. The molecule has 2 heterocycles. The molecule has 2 fully saturated rings. The van der Waals surface area contributed by atoms with Gasteiger partial charge in [0.05, 0.1) is 12.2 Å². The maximum absolute atomic E-state index is 12.5. The lowest BCUT2D eigenvalue weighted by Crippen LogP contribution is -2.37. The van der Waals surface area contributed by atoms with Crippen LogP contribution in [-0.2, 0) is 16.6 Å². The number of nitrogens with one attached hydrogen (secondary N) is 1. The maximum Gasteiger partial charge on any atom is 0.224 e. The number of hydrogen-bond donors (Lipinski definition) is 1. The summed E-state index contributed by atoms with van der Waals surface area (Å²) >= 11 is 0. The molecule has 1 saturated carbocycles. The van der Waals surface area contributed by atoms with Crippen LogP contribution in [0.4, 0.5) is 0 Å². The Hall–Kier alpha value is -2.14. The van der Waals surface area contributed by atoms with Gasteiger partial charge in [0.15, 0.2) is 0 Å². The van der Waals surface area contributed by atoms with E-state index in [2.05, 4.69) is 22.5 Å². The standard InChI is InChI=1S/C18H21N3O2/c1-21-11-13(10-19-21)17-16(7-8-23-17)20-18(22)15-9-14(15)12-5-3-2-4-6-12/h2-6,10-11,14-17H,7-9H2,1H3,(H,20,22)/t14?,15?,16-,17+/m0/s1. The molecule has 1 aliphatic carbocycles. The molecule has 5 nitrogen and oxygen atoms in total. The van der Waals surface area contributed by atoms with Crippen LogP contribution in [0, 0.1) is 5.92 Å². The van der Waals surface area contributed by atoms with E-state index < -0.39 is 0 Å². The summed E-state index contributed by atoms with van der Waals surface area (Å²) in [5.41, 5.74) is 2.30. The Balaban J connectivity index is 1.39.